The molecule has 118 valence electrons. The molecule has 3 aliphatic rings. The molecule has 4 radical (unpaired) electrons. The van der Waals surface area contributed by atoms with Gasteiger partial charge in [-0.05, 0) is 62.2 Å². The molecule has 0 nitrogen and oxygen atoms in total. The van der Waals surface area contributed by atoms with Gasteiger partial charge in [0.1, 0.15) is 0 Å². The van der Waals surface area contributed by atoms with Crippen molar-refractivity contribution in [1.29, 1.82) is 0 Å². The summed E-state index contributed by atoms with van der Waals surface area (Å²) in [5.41, 5.74) is 0. The summed E-state index contributed by atoms with van der Waals surface area (Å²) in [6.45, 7) is 0. The first kappa shape index (κ1) is 16.7. The Morgan fingerprint density at radius 1 is 0.455 bits per heavy atom. The van der Waals surface area contributed by atoms with Crippen molar-refractivity contribution in [2.45, 2.75) is 88.7 Å². The first-order valence-electron chi connectivity index (χ1n) is 9.90. The predicted octanol–water partition coefficient (Wildman–Crippen LogP) is 5.64. The molecule has 0 aromatic heterocycles. The highest BCUT2D eigenvalue weighted by Gasteiger charge is 2.29. The highest BCUT2D eigenvalue weighted by molar-refractivity contribution is 6.11. The van der Waals surface area contributed by atoms with Crippen LogP contribution < -0.4 is 0 Å². The molecule has 2 heteroatoms. The fourth-order valence-corrected chi connectivity index (χ4v) is 5.08. The van der Waals surface area contributed by atoms with Gasteiger partial charge in [0.15, 0.2) is 0 Å². The van der Waals surface area contributed by atoms with Crippen LogP contribution in [-0.2, 0) is 0 Å². The van der Waals surface area contributed by atoms with Crippen LogP contribution in [0.25, 0.3) is 0 Å². The van der Waals surface area contributed by atoms with E-state index in [4.69, 9.17) is 15.7 Å². The third-order valence-corrected chi connectivity index (χ3v) is 6.77. The molecule has 0 N–H and O–H groups in total. The van der Waals surface area contributed by atoms with Crippen LogP contribution in [0.3, 0.4) is 0 Å². The molecule has 3 aliphatic carbocycles. The van der Waals surface area contributed by atoms with Crippen molar-refractivity contribution in [2.75, 3.05) is 0 Å². The molecular formula is C20H32B2. The van der Waals surface area contributed by atoms with Gasteiger partial charge in [0.25, 0.3) is 0 Å². The molecule has 0 spiro atoms. The van der Waals surface area contributed by atoms with Gasteiger partial charge < -0.3 is 0 Å². The van der Waals surface area contributed by atoms with Crippen molar-refractivity contribution in [3.63, 3.8) is 0 Å². The van der Waals surface area contributed by atoms with E-state index in [0.717, 1.165) is 23.7 Å². The lowest BCUT2D eigenvalue weighted by Crippen LogP contribution is -2.24. The number of rotatable bonds is 3. The summed E-state index contributed by atoms with van der Waals surface area (Å²) < 4.78 is 0. The van der Waals surface area contributed by atoms with E-state index in [1.165, 1.54) is 77.0 Å². The summed E-state index contributed by atoms with van der Waals surface area (Å²) in [5.74, 6) is 4.65. The van der Waals surface area contributed by atoms with Crippen molar-refractivity contribution in [1.82, 2.24) is 0 Å². The van der Waals surface area contributed by atoms with Gasteiger partial charge in [0, 0.05) is 0 Å². The molecule has 0 aromatic rings. The minimum Gasteiger partial charge on any atom is -0.0851 e. The molecule has 0 aromatic carbocycles. The molecular weight excluding hydrogens is 262 g/mol. The Morgan fingerprint density at radius 2 is 0.773 bits per heavy atom. The van der Waals surface area contributed by atoms with E-state index < -0.39 is 0 Å². The topological polar surface area (TPSA) is 0 Å². The van der Waals surface area contributed by atoms with Crippen LogP contribution in [0.15, 0.2) is 12.2 Å². The summed E-state index contributed by atoms with van der Waals surface area (Å²) in [4.78, 5) is 0. The molecule has 0 heterocycles. The maximum Gasteiger partial charge on any atom is 0.0699 e. The Bertz CT molecular complexity index is 341. The fourth-order valence-electron chi connectivity index (χ4n) is 5.08. The molecule has 3 fully saturated rings. The highest BCUT2D eigenvalue weighted by Crippen LogP contribution is 2.42. The zero-order valence-electron chi connectivity index (χ0n) is 14.3. The Balaban J connectivity index is 1.38. The Hall–Kier alpha value is -0.130. The van der Waals surface area contributed by atoms with Gasteiger partial charge in [-0.15, -0.1) is 0 Å². The second kappa shape index (κ2) is 8.11. The van der Waals surface area contributed by atoms with Crippen molar-refractivity contribution in [2.24, 2.45) is 23.7 Å². The predicted molar refractivity (Wildman–Crippen MR) is 97.5 cm³/mol. The average Bonchev–Trinajstić information content (AvgIpc) is 2.56. The van der Waals surface area contributed by atoms with Gasteiger partial charge in [0.05, 0.1) is 15.7 Å². The van der Waals surface area contributed by atoms with Gasteiger partial charge in [0.2, 0.25) is 0 Å². The van der Waals surface area contributed by atoms with Gasteiger partial charge in [-0.3, -0.25) is 0 Å². The first-order chi connectivity index (χ1) is 10.7. The summed E-state index contributed by atoms with van der Waals surface area (Å²) >= 11 is 0. The smallest absolute Gasteiger partial charge is 0.0699 e. The third kappa shape index (κ3) is 4.68. The van der Waals surface area contributed by atoms with Gasteiger partial charge in [-0.1, -0.05) is 62.3 Å². The Labute approximate surface area is 140 Å². The Morgan fingerprint density at radius 3 is 1.23 bits per heavy atom. The van der Waals surface area contributed by atoms with Crippen molar-refractivity contribution >= 4 is 15.7 Å². The molecule has 22 heavy (non-hydrogen) atoms. The zero-order valence-corrected chi connectivity index (χ0v) is 14.3. The normalized spacial score (nSPS) is 44.2. The average molecular weight is 294 g/mol. The SMILES string of the molecule is [B]C1CCC(/C=C/C2CCC(C3CCC([B])CC3)CC2)CC1. The van der Waals surface area contributed by atoms with Gasteiger partial charge in [-0.2, -0.15) is 0 Å². The summed E-state index contributed by atoms with van der Waals surface area (Å²) in [6.07, 6.45) is 21.3. The molecule has 0 saturated heterocycles. The van der Waals surface area contributed by atoms with Gasteiger partial charge in [-0.25, -0.2) is 0 Å². The lowest BCUT2D eigenvalue weighted by molar-refractivity contribution is 0.180. The summed E-state index contributed by atoms with van der Waals surface area (Å²) in [7, 11) is 12.0. The lowest BCUT2D eigenvalue weighted by Gasteiger charge is -2.37. The molecule has 0 amide bonds. The number of hydrogen-bond acceptors (Lipinski definition) is 0. The van der Waals surface area contributed by atoms with Crippen molar-refractivity contribution < 1.29 is 0 Å². The van der Waals surface area contributed by atoms with E-state index in [9.17, 15) is 0 Å². The lowest BCUT2D eigenvalue weighted by atomic mass is 9.65. The second-order valence-electron chi connectivity index (χ2n) is 8.41. The molecule has 0 aliphatic heterocycles. The van der Waals surface area contributed by atoms with E-state index in [1.54, 1.807) is 0 Å². The van der Waals surface area contributed by atoms with E-state index in [-0.39, 0.29) is 0 Å². The molecule has 3 saturated carbocycles. The van der Waals surface area contributed by atoms with Crippen LogP contribution in [-0.4, -0.2) is 15.7 Å². The quantitative estimate of drug-likeness (QED) is 0.466. The second-order valence-corrected chi connectivity index (χ2v) is 8.41. The maximum atomic E-state index is 6.05. The van der Waals surface area contributed by atoms with Crippen LogP contribution in [0.1, 0.15) is 77.0 Å². The third-order valence-electron chi connectivity index (χ3n) is 6.77. The summed E-state index contributed by atoms with van der Waals surface area (Å²) in [5, 5.41) is 0. The highest BCUT2D eigenvalue weighted by atomic mass is 14.3. The summed E-state index contributed by atoms with van der Waals surface area (Å²) in [6, 6.07) is 0. The van der Waals surface area contributed by atoms with Crippen molar-refractivity contribution in [3.05, 3.63) is 12.2 Å². The standard InChI is InChI=1S/C20H32B2/c21-19-11-5-16(6-12-19)2-1-15-3-7-17(8-4-15)18-9-13-20(22)14-10-18/h1-2,15-20H,3-14H2/b2-1+. The largest absolute Gasteiger partial charge is 0.0851 e. The molecule has 3 rings (SSSR count). The van der Waals surface area contributed by atoms with Crippen LogP contribution in [0.4, 0.5) is 0 Å². The minimum atomic E-state index is 0.476. The van der Waals surface area contributed by atoms with E-state index >= 15 is 0 Å². The van der Waals surface area contributed by atoms with E-state index in [0.29, 0.717) is 11.6 Å². The van der Waals surface area contributed by atoms with Gasteiger partial charge >= 0.3 is 0 Å². The van der Waals surface area contributed by atoms with Crippen LogP contribution in [0.2, 0.25) is 11.6 Å². The van der Waals surface area contributed by atoms with Crippen molar-refractivity contribution in [3.8, 4) is 0 Å². The van der Waals surface area contributed by atoms with E-state index in [2.05, 4.69) is 12.2 Å². The number of hydrogen-bond donors (Lipinski definition) is 0. The fraction of sp³-hybridized carbons (Fsp3) is 0.900. The first-order valence-corrected chi connectivity index (χ1v) is 9.90. The molecule has 0 atom stereocenters. The Kier molecular flexibility index (Phi) is 6.16. The van der Waals surface area contributed by atoms with Crippen LogP contribution >= 0.6 is 0 Å². The number of allylic oxidation sites excluding steroid dienone is 2. The maximum absolute atomic E-state index is 6.05. The minimum absolute atomic E-state index is 0.476. The van der Waals surface area contributed by atoms with E-state index in [1.807, 2.05) is 0 Å². The van der Waals surface area contributed by atoms with Crippen LogP contribution in [0, 0.1) is 23.7 Å². The molecule has 0 unspecified atom stereocenters. The van der Waals surface area contributed by atoms with Crippen LogP contribution in [0.5, 0.6) is 0 Å². The zero-order chi connectivity index (χ0) is 15.4. The molecule has 0 bridgehead atoms. The monoisotopic (exact) mass is 294 g/mol.